The molecule has 2 aliphatic rings. The molecule has 2 fully saturated rings. The zero-order chi connectivity index (χ0) is 20.1. The Hall–Kier alpha value is -0.480. The van der Waals surface area contributed by atoms with E-state index in [1.807, 2.05) is 0 Å². The summed E-state index contributed by atoms with van der Waals surface area (Å²) in [5, 5.41) is 76.7. The standard InChI is InChI=1S/C12H22O11.H2O/c13-1-4-6(16)8(18)9(19)11(21-4)23-12(3-15)10(20)7(17)5(2-14)22-12;/h4-11,13-20H,1-3H2;1H2/t4-,5-,6-,7-,8+,9-,10+,11-,12+;/m1./s1/i/hD2. The molecule has 2 rings (SSSR count). The Labute approximate surface area is 139 Å². The average Bonchev–Trinajstić information content (AvgIpc) is 2.88. The Morgan fingerprint density at radius 3 is 1.96 bits per heavy atom. The van der Waals surface area contributed by atoms with E-state index >= 15 is 0 Å². The number of rotatable bonds is 5. The van der Waals surface area contributed by atoms with Gasteiger partial charge in [0.1, 0.15) is 49.3 Å². The second-order valence-electron chi connectivity index (χ2n) is 5.56. The van der Waals surface area contributed by atoms with E-state index in [0.29, 0.717) is 0 Å². The summed E-state index contributed by atoms with van der Waals surface area (Å²) in [7, 11) is 0. The summed E-state index contributed by atoms with van der Waals surface area (Å²) in [6.45, 7) is -2.32. The molecule has 0 unspecified atom stereocenters. The van der Waals surface area contributed by atoms with Crippen LogP contribution in [0.2, 0.25) is 0 Å². The topological polar surface area (TPSA) is 221 Å². The molecule has 2 aliphatic heterocycles. The molecule has 12 nitrogen and oxygen atoms in total. The van der Waals surface area contributed by atoms with E-state index < -0.39 is 74.6 Å². The van der Waals surface area contributed by atoms with Crippen LogP contribution < -0.4 is 0 Å². The lowest BCUT2D eigenvalue weighted by atomic mass is 9.99. The molecule has 24 heavy (non-hydrogen) atoms. The summed E-state index contributed by atoms with van der Waals surface area (Å²) in [6.07, 6.45) is -12.7. The molecule has 0 saturated carbocycles. The molecule has 10 N–H and O–H groups in total. The fourth-order valence-electron chi connectivity index (χ4n) is 2.63. The van der Waals surface area contributed by atoms with Gasteiger partial charge in [-0.1, -0.05) is 0 Å². The maximum absolute atomic E-state index is 10.00. The van der Waals surface area contributed by atoms with Gasteiger partial charge in [-0.15, -0.1) is 0 Å². The SMILES string of the molecule is OC[C@H]1O[C@@](CO)(O[C@H]2O[C@H](CO)[C@@H](O)[C@H](O)[C@H]2O)[C@@H](O)[C@@H]1O.[2H]O[2H]. The third-order valence-corrected chi connectivity index (χ3v) is 4.07. The molecule has 0 aromatic carbocycles. The first-order chi connectivity index (χ1) is 12.2. The maximum Gasteiger partial charge on any atom is 0.224 e. The molecular weight excluding hydrogens is 336 g/mol. The van der Waals surface area contributed by atoms with Crippen molar-refractivity contribution in [1.29, 1.82) is 2.86 Å². The van der Waals surface area contributed by atoms with E-state index in [-0.39, 0.29) is 0 Å². The third kappa shape index (κ3) is 3.55. The zero-order valence-corrected chi connectivity index (χ0v) is 12.5. The average molecular weight is 362 g/mol. The van der Waals surface area contributed by atoms with Gasteiger partial charge in [0.05, 0.1) is 13.2 Å². The highest BCUT2D eigenvalue weighted by Gasteiger charge is 2.58. The lowest BCUT2D eigenvalue weighted by Gasteiger charge is -2.43. The molecular formula is C12H24O12. The van der Waals surface area contributed by atoms with Crippen LogP contribution in [0.4, 0.5) is 0 Å². The molecule has 12 heteroatoms. The van der Waals surface area contributed by atoms with Crippen LogP contribution in [0.15, 0.2) is 0 Å². The number of hydrogen-bond acceptors (Lipinski definition) is 11. The highest BCUT2D eigenvalue weighted by Crippen LogP contribution is 2.35. The van der Waals surface area contributed by atoms with Gasteiger partial charge in [0.15, 0.2) is 6.29 Å². The fourth-order valence-corrected chi connectivity index (χ4v) is 2.63. The van der Waals surface area contributed by atoms with Crippen LogP contribution >= 0.6 is 0 Å². The number of ether oxygens (including phenoxy) is 3. The monoisotopic (exact) mass is 362 g/mol. The minimum Gasteiger partial charge on any atom is -0.412 e. The smallest absolute Gasteiger partial charge is 0.224 e. The molecule has 0 aromatic heterocycles. The van der Waals surface area contributed by atoms with Crippen LogP contribution in [-0.2, 0) is 14.2 Å². The van der Waals surface area contributed by atoms with Crippen LogP contribution in [0.3, 0.4) is 0 Å². The third-order valence-electron chi connectivity index (χ3n) is 4.07. The van der Waals surface area contributed by atoms with Crippen molar-refractivity contribution in [2.45, 2.75) is 54.8 Å². The largest absolute Gasteiger partial charge is 0.412 e. The molecule has 0 radical (unpaired) electrons. The number of aliphatic hydroxyl groups excluding tert-OH is 8. The summed E-state index contributed by atoms with van der Waals surface area (Å²) in [5.41, 5.74) is 2.75. The second-order valence-corrected chi connectivity index (χ2v) is 5.56. The highest BCUT2D eigenvalue weighted by atomic mass is 16.8. The first kappa shape index (κ1) is 18.3. The summed E-state index contributed by atoms with van der Waals surface area (Å²) in [6, 6.07) is 0. The molecule has 9 atom stereocenters. The van der Waals surface area contributed by atoms with Crippen molar-refractivity contribution in [2.75, 3.05) is 19.8 Å². The first-order valence-corrected chi connectivity index (χ1v) is 7.05. The second kappa shape index (κ2) is 8.27. The van der Waals surface area contributed by atoms with E-state index in [1.54, 1.807) is 0 Å². The maximum atomic E-state index is 10.00. The van der Waals surface area contributed by atoms with E-state index in [4.69, 9.17) is 27.3 Å². The minimum absolute atomic E-state index is 0.669. The summed E-state index contributed by atoms with van der Waals surface area (Å²) in [5.74, 6) is -2.22. The summed E-state index contributed by atoms with van der Waals surface area (Å²) < 4.78 is 26.2. The van der Waals surface area contributed by atoms with E-state index in [2.05, 4.69) is 5.48 Å². The predicted molar refractivity (Wildman–Crippen MR) is 72.3 cm³/mol. The Morgan fingerprint density at radius 2 is 1.50 bits per heavy atom. The Bertz CT molecular complexity index is 418. The van der Waals surface area contributed by atoms with Crippen molar-refractivity contribution in [3.63, 3.8) is 0 Å². The van der Waals surface area contributed by atoms with Crippen LogP contribution in [-0.4, -0.2) is 124 Å². The van der Waals surface area contributed by atoms with Crippen molar-refractivity contribution >= 4 is 0 Å². The molecule has 0 amide bonds. The first-order valence-electron chi connectivity index (χ1n) is 7.87. The Balaban J connectivity index is 0.00000105. The summed E-state index contributed by atoms with van der Waals surface area (Å²) in [4.78, 5) is 0. The fraction of sp³-hybridized carbons (Fsp3) is 1.00. The van der Waals surface area contributed by atoms with Gasteiger partial charge in [-0.2, -0.15) is 0 Å². The molecule has 144 valence electrons. The van der Waals surface area contributed by atoms with Crippen LogP contribution in [0.25, 0.3) is 0 Å². The van der Waals surface area contributed by atoms with Crippen LogP contribution in [0.1, 0.15) is 0 Å². The van der Waals surface area contributed by atoms with Gasteiger partial charge in [-0.05, 0) is 0 Å². The van der Waals surface area contributed by atoms with E-state index in [1.165, 1.54) is 0 Å². The normalized spacial score (nSPS) is 49.8. The van der Waals surface area contributed by atoms with Crippen molar-refractivity contribution in [1.82, 2.24) is 0 Å². The lowest BCUT2D eigenvalue weighted by molar-refractivity contribution is -0.383. The van der Waals surface area contributed by atoms with Crippen LogP contribution in [0, 0.1) is 0 Å². The Morgan fingerprint density at radius 1 is 0.917 bits per heavy atom. The lowest BCUT2D eigenvalue weighted by Crippen LogP contribution is -2.62. The predicted octanol–water partition coefficient (Wildman–Crippen LogP) is -6.22. The molecule has 0 aliphatic carbocycles. The van der Waals surface area contributed by atoms with Crippen molar-refractivity contribution in [3.8, 4) is 0 Å². The van der Waals surface area contributed by atoms with Crippen LogP contribution in [0.5, 0.6) is 0 Å². The van der Waals surface area contributed by atoms with Gasteiger partial charge in [-0.25, -0.2) is 0 Å². The molecule has 0 bridgehead atoms. The number of hydrogen-bond donors (Lipinski definition) is 8. The number of aliphatic hydroxyl groups is 8. The minimum atomic E-state index is -2.22. The van der Waals surface area contributed by atoms with Gasteiger partial charge in [-0.3, -0.25) is 0 Å². The highest BCUT2D eigenvalue weighted by molar-refractivity contribution is 4.98. The van der Waals surface area contributed by atoms with Gasteiger partial charge in [0.2, 0.25) is 8.65 Å². The quantitative estimate of drug-likeness (QED) is 0.230. The van der Waals surface area contributed by atoms with Crippen molar-refractivity contribution in [3.05, 3.63) is 0 Å². The van der Waals surface area contributed by atoms with E-state index in [9.17, 15) is 30.6 Å². The molecule has 0 aromatic rings. The van der Waals surface area contributed by atoms with Crippen molar-refractivity contribution < 1.29 is 60.5 Å². The van der Waals surface area contributed by atoms with E-state index in [0.717, 1.165) is 0 Å². The van der Waals surface area contributed by atoms with Gasteiger partial charge >= 0.3 is 0 Å². The van der Waals surface area contributed by atoms with Gasteiger partial charge < -0.3 is 60.5 Å². The van der Waals surface area contributed by atoms with Crippen molar-refractivity contribution in [2.24, 2.45) is 0 Å². The molecule has 0 spiro atoms. The molecule has 2 saturated heterocycles. The zero-order valence-electron chi connectivity index (χ0n) is 14.5. The Kier molecular flexibility index (Phi) is 6.31. The molecule has 2 heterocycles. The van der Waals surface area contributed by atoms with Gasteiger partial charge in [0.25, 0.3) is 0 Å². The van der Waals surface area contributed by atoms with Gasteiger partial charge in [0, 0.05) is 0 Å². The summed E-state index contributed by atoms with van der Waals surface area (Å²) >= 11 is 0.